The maximum Gasteiger partial charge on any atom is 0.268 e. The van der Waals surface area contributed by atoms with Crippen molar-refractivity contribution in [2.45, 2.75) is 62.6 Å². The standard InChI is InChI=1S/C24H25F2N5O3/c25-15-6-13-8-19(29-20(13)17(26)9-15)23(34)30-18(5-12-1-2-12)22(33)28-16(11-27)7-14-10-24(3-4-24)31-21(14)32/h6,8-9,12,14,16,18,29H,1-5,7,10H2,(H,28,33)(H,30,34)(H,31,32). The topological polar surface area (TPSA) is 127 Å². The highest BCUT2D eigenvalue weighted by Crippen LogP contribution is 2.46. The van der Waals surface area contributed by atoms with Crippen LogP contribution in [0.3, 0.4) is 0 Å². The molecule has 8 nitrogen and oxygen atoms in total. The number of hydrogen-bond acceptors (Lipinski definition) is 4. The number of aromatic amines is 1. The van der Waals surface area contributed by atoms with Gasteiger partial charge >= 0.3 is 0 Å². The summed E-state index contributed by atoms with van der Waals surface area (Å²) in [6, 6.07) is 3.47. The van der Waals surface area contributed by atoms with Gasteiger partial charge in [-0.25, -0.2) is 8.78 Å². The van der Waals surface area contributed by atoms with Crippen LogP contribution in [0.4, 0.5) is 8.78 Å². The lowest BCUT2D eigenvalue weighted by atomic mass is 9.95. The second kappa shape index (κ2) is 8.38. The molecular formula is C24H25F2N5O3. The number of fused-ring (bicyclic) bond motifs is 1. The first kappa shape index (κ1) is 22.3. The van der Waals surface area contributed by atoms with Crippen LogP contribution in [0.15, 0.2) is 18.2 Å². The minimum absolute atomic E-state index is 0.00212. The number of benzene rings is 1. The van der Waals surface area contributed by atoms with E-state index in [1.807, 2.05) is 0 Å². The summed E-state index contributed by atoms with van der Waals surface area (Å²) in [6.45, 7) is 0. The molecule has 3 unspecified atom stereocenters. The quantitative estimate of drug-likeness (QED) is 0.474. The van der Waals surface area contributed by atoms with E-state index < -0.39 is 35.5 Å². The third kappa shape index (κ3) is 4.60. The van der Waals surface area contributed by atoms with E-state index in [0.717, 1.165) is 37.8 Å². The van der Waals surface area contributed by atoms with Crippen molar-refractivity contribution in [3.05, 3.63) is 35.5 Å². The van der Waals surface area contributed by atoms with E-state index in [4.69, 9.17) is 0 Å². The van der Waals surface area contributed by atoms with Crippen LogP contribution in [-0.2, 0) is 9.59 Å². The number of H-pyrrole nitrogens is 1. The van der Waals surface area contributed by atoms with E-state index in [1.54, 1.807) is 0 Å². The van der Waals surface area contributed by atoms with Crippen molar-refractivity contribution >= 4 is 28.6 Å². The van der Waals surface area contributed by atoms with Gasteiger partial charge in [-0.1, -0.05) is 12.8 Å². The van der Waals surface area contributed by atoms with Crippen LogP contribution >= 0.6 is 0 Å². The van der Waals surface area contributed by atoms with Gasteiger partial charge in [0.25, 0.3) is 5.91 Å². The predicted octanol–water partition coefficient (Wildman–Crippen LogP) is 2.41. The van der Waals surface area contributed by atoms with E-state index in [1.165, 1.54) is 6.07 Å². The van der Waals surface area contributed by atoms with Gasteiger partial charge in [-0.05, 0) is 50.2 Å². The Balaban J connectivity index is 1.26. The fourth-order valence-corrected chi connectivity index (χ4v) is 4.79. The number of amides is 3. The number of rotatable bonds is 8. The van der Waals surface area contributed by atoms with Crippen LogP contribution in [0.2, 0.25) is 0 Å². The second-order valence-corrected chi connectivity index (χ2v) is 9.84. The zero-order chi connectivity index (χ0) is 24.0. The van der Waals surface area contributed by atoms with Gasteiger partial charge in [-0.2, -0.15) is 5.26 Å². The molecule has 2 saturated carbocycles. The van der Waals surface area contributed by atoms with Crippen molar-refractivity contribution in [1.82, 2.24) is 20.9 Å². The summed E-state index contributed by atoms with van der Waals surface area (Å²) >= 11 is 0. The number of carbonyl (C=O) groups is 3. The molecule has 178 valence electrons. The normalized spacial score (nSPS) is 22.1. The highest BCUT2D eigenvalue weighted by Gasteiger charge is 2.52. The maximum absolute atomic E-state index is 14.0. The molecule has 3 fully saturated rings. The van der Waals surface area contributed by atoms with Crippen LogP contribution in [0.5, 0.6) is 0 Å². The largest absolute Gasteiger partial charge is 0.350 e. The highest BCUT2D eigenvalue weighted by atomic mass is 19.1. The lowest BCUT2D eigenvalue weighted by Crippen LogP contribution is -2.50. The number of aromatic nitrogens is 1. The molecule has 3 atom stereocenters. The van der Waals surface area contributed by atoms with Gasteiger partial charge in [0, 0.05) is 22.9 Å². The minimum atomic E-state index is -0.893. The van der Waals surface area contributed by atoms with Crippen LogP contribution in [0.1, 0.15) is 55.4 Å². The van der Waals surface area contributed by atoms with E-state index in [2.05, 4.69) is 27.0 Å². The fourth-order valence-electron chi connectivity index (χ4n) is 4.79. The molecule has 1 aromatic heterocycles. The lowest BCUT2D eigenvalue weighted by Gasteiger charge is -2.21. The van der Waals surface area contributed by atoms with Crippen molar-refractivity contribution in [2.24, 2.45) is 11.8 Å². The van der Waals surface area contributed by atoms with Crippen molar-refractivity contribution in [3.8, 4) is 6.07 Å². The van der Waals surface area contributed by atoms with Crippen LogP contribution < -0.4 is 16.0 Å². The van der Waals surface area contributed by atoms with E-state index in [0.29, 0.717) is 18.8 Å². The van der Waals surface area contributed by atoms with Gasteiger partial charge in [-0.15, -0.1) is 0 Å². The van der Waals surface area contributed by atoms with Crippen LogP contribution in [-0.4, -0.2) is 40.3 Å². The Morgan fingerprint density at radius 1 is 1.18 bits per heavy atom. The van der Waals surface area contributed by atoms with Gasteiger partial charge in [0.2, 0.25) is 11.8 Å². The van der Waals surface area contributed by atoms with Gasteiger partial charge in [-0.3, -0.25) is 14.4 Å². The summed E-state index contributed by atoms with van der Waals surface area (Å²) in [7, 11) is 0. The van der Waals surface area contributed by atoms with E-state index in [-0.39, 0.29) is 40.4 Å². The Kier molecular flexibility index (Phi) is 5.50. The summed E-state index contributed by atoms with van der Waals surface area (Å²) < 4.78 is 27.5. The summed E-state index contributed by atoms with van der Waals surface area (Å²) in [6.07, 6.45) is 5.07. The smallest absolute Gasteiger partial charge is 0.268 e. The Bertz CT molecular complexity index is 1210. The molecule has 0 radical (unpaired) electrons. The first-order valence-corrected chi connectivity index (χ1v) is 11.6. The van der Waals surface area contributed by atoms with Crippen molar-refractivity contribution in [3.63, 3.8) is 0 Å². The fraction of sp³-hybridized carbons (Fsp3) is 0.500. The van der Waals surface area contributed by atoms with Crippen LogP contribution in [0, 0.1) is 34.8 Å². The molecule has 3 amide bonds. The molecule has 10 heteroatoms. The highest BCUT2D eigenvalue weighted by molar-refractivity contribution is 6.00. The molecule has 0 bridgehead atoms. The zero-order valence-electron chi connectivity index (χ0n) is 18.4. The molecule has 34 heavy (non-hydrogen) atoms. The molecule has 2 aliphatic carbocycles. The molecule has 4 N–H and O–H groups in total. The third-order valence-corrected chi connectivity index (χ3v) is 7.02. The Hall–Kier alpha value is -3.48. The molecule has 3 aliphatic rings. The number of nitriles is 1. The summed E-state index contributed by atoms with van der Waals surface area (Å²) in [5.74, 6) is -2.82. The molecule has 1 spiro atoms. The first-order chi connectivity index (χ1) is 16.2. The van der Waals surface area contributed by atoms with Crippen molar-refractivity contribution in [1.29, 1.82) is 5.26 Å². The first-order valence-electron chi connectivity index (χ1n) is 11.6. The number of hydrogen-bond donors (Lipinski definition) is 4. The monoisotopic (exact) mass is 469 g/mol. The zero-order valence-corrected chi connectivity index (χ0v) is 18.4. The predicted molar refractivity (Wildman–Crippen MR) is 117 cm³/mol. The average Bonchev–Trinajstić information content (AvgIpc) is 3.68. The lowest BCUT2D eigenvalue weighted by molar-refractivity contribution is -0.125. The second-order valence-electron chi connectivity index (χ2n) is 9.84. The molecule has 1 aliphatic heterocycles. The van der Waals surface area contributed by atoms with Crippen molar-refractivity contribution < 1.29 is 23.2 Å². The maximum atomic E-state index is 14.0. The van der Waals surface area contributed by atoms with Crippen LogP contribution in [0.25, 0.3) is 10.9 Å². The Morgan fingerprint density at radius 3 is 2.59 bits per heavy atom. The molecular weight excluding hydrogens is 444 g/mol. The molecule has 2 aromatic rings. The number of nitrogens with zero attached hydrogens (tertiary/aromatic N) is 1. The molecule has 5 rings (SSSR count). The van der Waals surface area contributed by atoms with Crippen molar-refractivity contribution in [2.75, 3.05) is 0 Å². The average molecular weight is 469 g/mol. The Labute approximate surface area is 194 Å². The van der Waals surface area contributed by atoms with E-state index in [9.17, 15) is 28.4 Å². The number of nitrogens with one attached hydrogen (secondary N) is 4. The molecule has 1 saturated heterocycles. The Morgan fingerprint density at radius 2 is 1.94 bits per heavy atom. The molecule has 2 heterocycles. The van der Waals surface area contributed by atoms with Gasteiger partial charge < -0.3 is 20.9 Å². The SMILES string of the molecule is N#CC(CC1CC2(CC2)NC1=O)NC(=O)C(CC1CC1)NC(=O)c1cc2cc(F)cc(F)c2[nH]1. The summed E-state index contributed by atoms with van der Waals surface area (Å²) in [4.78, 5) is 40.7. The number of halogens is 2. The number of carbonyl (C=O) groups excluding carboxylic acids is 3. The van der Waals surface area contributed by atoms with Gasteiger partial charge in [0.1, 0.15) is 29.4 Å². The molecule has 1 aromatic carbocycles. The van der Waals surface area contributed by atoms with Gasteiger partial charge in [0.05, 0.1) is 11.6 Å². The minimum Gasteiger partial charge on any atom is -0.350 e. The van der Waals surface area contributed by atoms with Gasteiger partial charge in [0.15, 0.2) is 0 Å². The third-order valence-electron chi connectivity index (χ3n) is 7.02. The summed E-state index contributed by atoms with van der Waals surface area (Å²) in [5, 5.41) is 18.1. The summed E-state index contributed by atoms with van der Waals surface area (Å²) in [5.41, 5.74) is -0.110. The van der Waals surface area contributed by atoms with E-state index >= 15 is 0 Å².